The number of amides is 2. The number of anilines is 1. The molecule has 0 bridgehead atoms. The van der Waals surface area contributed by atoms with Crippen LogP contribution >= 0.6 is 0 Å². The quantitative estimate of drug-likeness (QED) is 0.846. The molecule has 7 heteroatoms. The van der Waals surface area contributed by atoms with Crippen molar-refractivity contribution in [1.29, 1.82) is 0 Å². The molecule has 3 N–H and O–H groups in total. The van der Waals surface area contributed by atoms with Crippen molar-refractivity contribution in [3.05, 3.63) is 52.5 Å². The lowest BCUT2D eigenvalue weighted by Crippen LogP contribution is -2.19. The third-order valence-electron chi connectivity index (χ3n) is 3.02. The first kappa shape index (κ1) is 15.4. The number of Topliss-reactive ketones (excluding diaryl/α,β-unsaturated/α-hetero) is 1. The number of carbonyl (C=O) groups is 3. The molecular formula is C15H13FN2O4. The van der Waals surface area contributed by atoms with Gasteiger partial charge < -0.3 is 10.2 Å². The van der Waals surface area contributed by atoms with E-state index in [1.807, 2.05) is 0 Å². The van der Waals surface area contributed by atoms with Crippen LogP contribution in [0.15, 0.2) is 28.7 Å². The summed E-state index contributed by atoms with van der Waals surface area (Å²) in [5.41, 5.74) is 5.26. The second-order valence-corrected chi connectivity index (χ2v) is 4.62. The van der Waals surface area contributed by atoms with Crippen LogP contribution in [-0.4, -0.2) is 17.6 Å². The lowest BCUT2D eigenvalue weighted by molar-refractivity contribution is 0.0974. The van der Waals surface area contributed by atoms with E-state index in [0.29, 0.717) is 0 Å². The summed E-state index contributed by atoms with van der Waals surface area (Å²) in [5, 5.41) is 2.36. The molecule has 0 saturated heterocycles. The van der Waals surface area contributed by atoms with Gasteiger partial charge in [-0.3, -0.25) is 19.7 Å². The van der Waals surface area contributed by atoms with Crippen molar-refractivity contribution in [3.63, 3.8) is 0 Å². The smallest absolute Gasteiger partial charge is 0.257 e. The van der Waals surface area contributed by atoms with E-state index in [1.54, 1.807) is 0 Å². The van der Waals surface area contributed by atoms with Crippen molar-refractivity contribution in [1.82, 2.24) is 0 Å². The first-order chi connectivity index (χ1) is 10.3. The summed E-state index contributed by atoms with van der Waals surface area (Å²) in [6.45, 7) is 2.74. The van der Waals surface area contributed by atoms with Crippen molar-refractivity contribution in [2.75, 3.05) is 5.32 Å². The number of nitrogens with one attached hydrogen (secondary N) is 1. The summed E-state index contributed by atoms with van der Waals surface area (Å²) in [4.78, 5) is 35.2. The van der Waals surface area contributed by atoms with Crippen LogP contribution in [-0.2, 0) is 0 Å². The fourth-order valence-corrected chi connectivity index (χ4v) is 2.07. The van der Waals surface area contributed by atoms with Crippen LogP contribution < -0.4 is 11.1 Å². The second-order valence-electron chi connectivity index (χ2n) is 4.62. The van der Waals surface area contributed by atoms with Crippen LogP contribution in [0.25, 0.3) is 0 Å². The van der Waals surface area contributed by atoms with Gasteiger partial charge in [-0.25, -0.2) is 4.39 Å². The standard InChI is InChI=1S/C15H13FN2O4/c1-7(19)11-8(2)22-15(12(11)13(17)20)18-14(21)9-3-5-10(16)6-4-9/h3-6H,1-2H3,(H2,17,20)(H,18,21). The summed E-state index contributed by atoms with van der Waals surface area (Å²) < 4.78 is 18.1. The van der Waals surface area contributed by atoms with E-state index in [9.17, 15) is 18.8 Å². The van der Waals surface area contributed by atoms with Crippen molar-refractivity contribution < 1.29 is 23.2 Å². The molecule has 2 rings (SSSR count). The van der Waals surface area contributed by atoms with Crippen LogP contribution in [0.4, 0.5) is 10.3 Å². The van der Waals surface area contributed by atoms with E-state index in [2.05, 4.69) is 5.32 Å². The Balaban J connectivity index is 2.39. The average molecular weight is 304 g/mol. The largest absolute Gasteiger partial charge is 0.444 e. The minimum Gasteiger partial charge on any atom is -0.444 e. The highest BCUT2D eigenvalue weighted by Gasteiger charge is 2.26. The third-order valence-corrected chi connectivity index (χ3v) is 3.02. The van der Waals surface area contributed by atoms with Crippen molar-refractivity contribution in [2.24, 2.45) is 5.73 Å². The van der Waals surface area contributed by atoms with Crippen molar-refractivity contribution in [3.8, 4) is 0 Å². The summed E-state index contributed by atoms with van der Waals surface area (Å²) in [6, 6.07) is 4.79. The number of hydrogen-bond donors (Lipinski definition) is 2. The predicted octanol–water partition coefficient (Wildman–Crippen LogP) is 2.28. The molecule has 2 aromatic rings. The monoisotopic (exact) mass is 304 g/mol. The topological polar surface area (TPSA) is 102 Å². The maximum atomic E-state index is 12.8. The number of nitrogens with two attached hydrogens (primary N) is 1. The first-order valence-electron chi connectivity index (χ1n) is 6.32. The molecule has 1 aromatic heterocycles. The minimum absolute atomic E-state index is 0.0295. The number of rotatable bonds is 4. The fraction of sp³-hybridized carbons (Fsp3) is 0.133. The van der Waals surface area contributed by atoms with Gasteiger partial charge in [0.2, 0.25) is 5.88 Å². The van der Waals surface area contributed by atoms with Gasteiger partial charge in [0, 0.05) is 5.56 Å². The number of primary amides is 1. The van der Waals surface area contributed by atoms with E-state index < -0.39 is 23.4 Å². The molecule has 6 nitrogen and oxygen atoms in total. The zero-order valence-electron chi connectivity index (χ0n) is 11.9. The molecule has 0 unspecified atom stereocenters. The number of benzene rings is 1. The highest BCUT2D eigenvalue weighted by Crippen LogP contribution is 2.27. The van der Waals surface area contributed by atoms with Gasteiger partial charge in [-0.1, -0.05) is 0 Å². The van der Waals surface area contributed by atoms with Gasteiger partial charge in [-0.05, 0) is 38.1 Å². The zero-order valence-corrected chi connectivity index (χ0v) is 11.9. The van der Waals surface area contributed by atoms with Crippen LogP contribution in [0.3, 0.4) is 0 Å². The molecule has 1 heterocycles. The van der Waals surface area contributed by atoms with E-state index >= 15 is 0 Å². The molecule has 22 heavy (non-hydrogen) atoms. The molecule has 0 saturated carbocycles. The van der Waals surface area contributed by atoms with E-state index in [0.717, 1.165) is 12.1 Å². The maximum absolute atomic E-state index is 12.8. The number of carbonyl (C=O) groups excluding carboxylic acids is 3. The Morgan fingerprint density at radius 2 is 1.73 bits per heavy atom. The average Bonchev–Trinajstić information content (AvgIpc) is 2.76. The van der Waals surface area contributed by atoms with Gasteiger partial charge in [0.1, 0.15) is 17.1 Å². The SMILES string of the molecule is CC(=O)c1c(C)oc(NC(=O)c2ccc(F)cc2)c1C(N)=O. The number of hydrogen-bond acceptors (Lipinski definition) is 4. The Morgan fingerprint density at radius 3 is 2.23 bits per heavy atom. The van der Waals surface area contributed by atoms with E-state index in [4.69, 9.17) is 10.2 Å². The molecule has 0 fully saturated rings. The highest BCUT2D eigenvalue weighted by atomic mass is 19.1. The Kier molecular flexibility index (Phi) is 4.07. The minimum atomic E-state index is -0.892. The van der Waals surface area contributed by atoms with Crippen LogP contribution in [0, 0.1) is 12.7 Å². The Labute approximate surface area is 125 Å². The summed E-state index contributed by atoms with van der Waals surface area (Å²) in [5.74, 6) is -2.43. The molecule has 0 radical (unpaired) electrons. The van der Waals surface area contributed by atoms with E-state index in [-0.39, 0.29) is 28.3 Å². The van der Waals surface area contributed by atoms with Gasteiger partial charge in [0.15, 0.2) is 5.78 Å². The zero-order chi connectivity index (χ0) is 16.4. The molecule has 114 valence electrons. The lowest BCUT2D eigenvalue weighted by atomic mass is 10.1. The van der Waals surface area contributed by atoms with Gasteiger partial charge in [-0.2, -0.15) is 0 Å². The number of halogens is 1. The van der Waals surface area contributed by atoms with Gasteiger partial charge in [-0.15, -0.1) is 0 Å². The lowest BCUT2D eigenvalue weighted by Gasteiger charge is -2.04. The fourth-order valence-electron chi connectivity index (χ4n) is 2.07. The molecule has 0 aliphatic rings. The first-order valence-corrected chi connectivity index (χ1v) is 6.32. The predicted molar refractivity (Wildman–Crippen MR) is 76.3 cm³/mol. The molecule has 0 aliphatic heterocycles. The number of ketones is 1. The number of aryl methyl sites for hydroxylation is 1. The molecule has 2 amide bonds. The van der Waals surface area contributed by atoms with Crippen LogP contribution in [0.2, 0.25) is 0 Å². The summed E-state index contributed by atoms with van der Waals surface area (Å²) in [6.07, 6.45) is 0. The third kappa shape index (κ3) is 2.88. The number of furan rings is 1. The molecule has 0 aliphatic carbocycles. The highest BCUT2D eigenvalue weighted by molar-refractivity contribution is 6.13. The molecule has 1 aromatic carbocycles. The van der Waals surface area contributed by atoms with Gasteiger partial charge in [0.25, 0.3) is 11.8 Å². The normalized spacial score (nSPS) is 10.3. The summed E-state index contributed by atoms with van der Waals surface area (Å²) >= 11 is 0. The van der Waals surface area contributed by atoms with E-state index in [1.165, 1.54) is 26.0 Å². The molecular weight excluding hydrogens is 291 g/mol. The Morgan fingerprint density at radius 1 is 1.14 bits per heavy atom. The van der Waals surface area contributed by atoms with Crippen LogP contribution in [0.1, 0.15) is 43.8 Å². The summed E-state index contributed by atoms with van der Waals surface area (Å²) in [7, 11) is 0. The second kappa shape index (κ2) is 5.80. The molecule has 0 spiro atoms. The van der Waals surface area contributed by atoms with Crippen molar-refractivity contribution >= 4 is 23.5 Å². The van der Waals surface area contributed by atoms with Gasteiger partial charge in [0.05, 0.1) is 5.56 Å². The Hall–Kier alpha value is -2.96. The Bertz CT molecular complexity index is 763. The maximum Gasteiger partial charge on any atom is 0.257 e. The van der Waals surface area contributed by atoms with Crippen molar-refractivity contribution in [2.45, 2.75) is 13.8 Å². The van der Waals surface area contributed by atoms with Crippen LogP contribution in [0.5, 0.6) is 0 Å². The van der Waals surface area contributed by atoms with Gasteiger partial charge >= 0.3 is 0 Å². The molecule has 0 atom stereocenters.